The van der Waals surface area contributed by atoms with Gasteiger partial charge in [0, 0.05) is 6.42 Å². The van der Waals surface area contributed by atoms with E-state index in [-0.39, 0.29) is 11.6 Å². The lowest BCUT2D eigenvalue weighted by Crippen LogP contribution is -2.07. The molecule has 0 aliphatic carbocycles. The summed E-state index contributed by atoms with van der Waals surface area (Å²) in [5.74, 6) is 0.366. The molecule has 0 aliphatic rings. The molecule has 0 saturated carbocycles. The highest BCUT2D eigenvalue weighted by Gasteiger charge is 2.17. The fraction of sp³-hybridized carbons (Fsp3) is 0.550. The number of carbonyl (C=O) groups excluding carboxylic acids is 1. The molecule has 0 saturated heterocycles. The van der Waals surface area contributed by atoms with Gasteiger partial charge in [-0.2, -0.15) is 0 Å². The van der Waals surface area contributed by atoms with Crippen LogP contribution in [0.1, 0.15) is 70.9 Å². The molecule has 0 bridgehead atoms. The van der Waals surface area contributed by atoms with Crippen LogP contribution in [0.3, 0.4) is 0 Å². The quantitative estimate of drug-likeness (QED) is 0.514. The third-order valence-corrected chi connectivity index (χ3v) is 4.14. The summed E-state index contributed by atoms with van der Waals surface area (Å²) in [6.07, 6.45) is 7.28. The molecule has 0 fully saturated rings. The molecule has 122 valence electrons. The number of carbonyl (C=O) groups is 1. The van der Waals surface area contributed by atoms with E-state index in [0.29, 0.717) is 18.8 Å². The van der Waals surface area contributed by atoms with Crippen molar-refractivity contribution in [3.05, 3.63) is 41.2 Å². The third kappa shape index (κ3) is 5.08. The lowest BCUT2D eigenvalue weighted by atomic mass is 9.84. The van der Waals surface area contributed by atoms with E-state index in [9.17, 15) is 9.18 Å². The van der Waals surface area contributed by atoms with E-state index in [0.717, 1.165) is 42.4 Å². The van der Waals surface area contributed by atoms with E-state index in [1.54, 1.807) is 6.08 Å². The Labute approximate surface area is 134 Å². The summed E-state index contributed by atoms with van der Waals surface area (Å²) in [6.45, 7) is 8.18. The molecular weight excluding hydrogens is 275 g/mol. The molecule has 0 amide bonds. The van der Waals surface area contributed by atoms with Crippen molar-refractivity contribution in [2.45, 2.75) is 66.2 Å². The van der Waals surface area contributed by atoms with E-state index in [1.807, 2.05) is 26.0 Å². The van der Waals surface area contributed by atoms with Crippen LogP contribution in [-0.4, -0.2) is 5.78 Å². The zero-order valence-corrected chi connectivity index (χ0v) is 14.4. The van der Waals surface area contributed by atoms with E-state index in [2.05, 4.69) is 13.8 Å². The van der Waals surface area contributed by atoms with Crippen molar-refractivity contribution in [2.75, 3.05) is 0 Å². The predicted molar refractivity (Wildman–Crippen MR) is 92.4 cm³/mol. The molecule has 0 aromatic heterocycles. The fourth-order valence-electron chi connectivity index (χ4n) is 2.89. The Morgan fingerprint density at radius 3 is 2.27 bits per heavy atom. The highest BCUT2D eigenvalue weighted by atomic mass is 19.1. The molecule has 0 radical (unpaired) electrons. The molecule has 1 aromatic rings. The number of aryl methyl sites for hydroxylation is 1. The van der Waals surface area contributed by atoms with Crippen molar-refractivity contribution in [1.29, 1.82) is 0 Å². The van der Waals surface area contributed by atoms with Crippen LogP contribution < -0.4 is 0 Å². The Morgan fingerprint density at radius 2 is 1.77 bits per heavy atom. The number of allylic oxidation sites excluding steroid dienone is 2. The van der Waals surface area contributed by atoms with Gasteiger partial charge in [-0.3, -0.25) is 4.79 Å². The van der Waals surface area contributed by atoms with Crippen molar-refractivity contribution in [2.24, 2.45) is 5.92 Å². The maximum atomic E-state index is 13.8. The van der Waals surface area contributed by atoms with Gasteiger partial charge in [-0.1, -0.05) is 46.6 Å². The number of ketones is 1. The minimum Gasteiger partial charge on any atom is -0.295 e. The molecule has 0 heterocycles. The first-order valence-electron chi connectivity index (χ1n) is 8.60. The summed E-state index contributed by atoms with van der Waals surface area (Å²) in [7, 11) is 0. The summed E-state index contributed by atoms with van der Waals surface area (Å²) in [5.41, 5.74) is 2.82. The second-order valence-electron chi connectivity index (χ2n) is 5.85. The summed E-state index contributed by atoms with van der Waals surface area (Å²) >= 11 is 0. The summed E-state index contributed by atoms with van der Waals surface area (Å²) in [4.78, 5) is 12.0. The van der Waals surface area contributed by atoms with Gasteiger partial charge in [0.1, 0.15) is 5.82 Å². The average molecular weight is 304 g/mol. The third-order valence-electron chi connectivity index (χ3n) is 4.14. The minimum absolute atomic E-state index is 0.148. The molecule has 22 heavy (non-hydrogen) atoms. The normalized spacial score (nSPS) is 12.0. The summed E-state index contributed by atoms with van der Waals surface area (Å²) in [6, 6.07) is 5.28. The number of benzene rings is 1. The Kier molecular flexibility index (Phi) is 8.08. The standard InChI is InChI=1S/C20H29FO/c1-5-9-16(10-6-2)19(14-18(22)8-4)17-11-12-20(21)15(7-3)13-17/h11-14,16H,5-10H2,1-4H3/b19-14+. The van der Waals surface area contributed by atoms with Gasteiger partial charge in [-0.05, 0) is 60.1 Å². The van der Waals surface area contributed by atoms with Crippen LogP contribution in [0.4, 0.5) is 4.39 Å². The Bertz CT molecular complexity index is 510. The summed E-state index contributed by atoms with van der Waals surface area (Å²) < 4.78 is 13.8. The van der Waals surface area contributed by atoms with E-state index >= 15 is 0 Å². The highest BCUT2D eigenvalue weighted by Crippen LogP contribution is 2.32. The molecule has 1 aromatic carbocycles. The maximum absolute atomic E-state index is 13.8. The Balaban J connectivity index is 3.30. The Morgan fingerprint density at radius 1 is 1.14 bits per heavy atom. The average Bonchev–Trinajstić information content (AvgIpc) is 2.53. The van der Waals surface area contributed by atoms with Crippen molar-refractivity contribution >= 4 is 11.4 Å². The zero-order valence-electron chi connectivity index (χ0n) is 14.4. The predicted octanol–water partition coefficient (Wildman–Crippen LogP) is 5.97. The van der Waals surface area contributed by atoms with Crippen LogP contribution in [0.15, 0.2) is 24.3 Å². The Hall–Kier alpha value is -1.44. The lowest BCUT2D eigenvalue weighted by molar-refractivity contribution is -0.114. The first kappa shape index (κ1) is 18.6. The monoisotopic (exact) mass is 304 g/mol. The smallest absolute Gasteiger partial charge is 0.155 e. The van der Waals surface area contributed by atoms with Crippen LogP contribution in [0.2, 0.25) is 0 Å². The first-order chi connectivity index (χ1) is 10.6. The van der Waals surface area contributed by atoms with Crippen LogP contribution in [0, 0.1) is 11.7 Å². The molecule has 0 spiro atoms. The van der Waals surface area contributed by atoms with E-state index in [1.165, 1.54) is 6.07 Å². The van der Waals surface area contributed by atoms with Crippen molar-refractivity contribution in [1.82, 2.24) is 0 Å². The molecule has 0 atom stereocenters. The first-order valence-corrected chi connectivity index (χ1v) is 8.60. The SMILES string of the molecule is CCCC(CCC)/C(=C\C(=O)CC)c1ccc(F)c(CC)c1. The summed E-state index contributed by atoms with van der Waals surface area (Å²) in [5, 5.41) is 0. The number of rotatable bonds is 9. The van der Waals surface area contributed by atoms with Gasteiger partial charge in [-0.15, -0.1) is 0 Å². The number of hydrogen-bond donors (Lipinski definition) is 0. The molecular formula is C20H29FO. The van der Waals surface area contributed by atoms with Crippen LogP contribution >= 0.6 is 0 Å². The van der Waals surface area contributed by atoms with Crippen LogP contribution in [-0.2, 0) is 11.2 Å². The molecule has 0 aliphatic heterocycles. The highest BCUT2D eigenvalue weighted by molar-refractivity contribution is 5.97. The molecule has 1 rings (SSSR count). The number of hydrogen-bond acceptors (Lipinski definition) is 1. The largest absolute Gasteiger partial charge is 0.295 e. The number of halogens is 1. The fourth-order valence-corrected chi connectivity index (χ4v) is 2.89. The molecule has 1 nitrogen and oxygen atoms in total. The van der Waals surface area contributed by atoms with Gasteiger partial charge in [0.25, 0.3) is 0 Å². The molecule has 0 unspecified atom stereocenters. The van der Waals surface area contributed by atoms with Gasteiger partial charge < -0.3 is 0 Å². The van der Waals surface area contributed by atoms with E-state index in [4.69, 9.17) is 0 Å². The molecule has 0 N–H and O–H groups in total. The van der Waals surface area contributed by atoms with Gasteiger partial charge in [0.2, 0.25) is 0 Å². The van der Waals surface area contributed by atoms with Crippen LogP contribution in [0.5, 0.6) is 0 Å². The molecule has 2 heteroatoms. The lowest BCUT2D eigenvalue weighted by Gasteiger charge is -2.20. The maximum Gasteiger partial charge on any atom is 0.155 e. The second kappa shape index (κ2) is 9.55. The van der Waals surface area contributed by atoms with Gasteiger partial charge in [0.15, 0.2) is 5.78 Å². The van der Waals surface area contributed by atoms with Crippen LogP contribution in [0.25, 0.3) is 5.57 Å². The van der Waals surface area contributed by atoms with Crippen molar-refractivity contribution < 1.29 is 9.18 Å². The van der Waals surface area contributed by atoms with Crippen molar-refractivity contribution in [3.63, 3.8) is 0 Å². The van der Waals surface area contributed by atoms with Crippen molar-refractivity contribution in [3.8, 4) is 0 Å². The minimum atomic E-state index is -0.157. The topological polar surface area (TPSA) is 17.1 Å². The van der Waals surface area contributed by atoms with Gasteiger partial charge in [0.05, 0.1) is 0 Å². The van der Waals surface area contributed by atoms with E-state index < -0.39 is 0 Å². The van der Waals surface area contributed by atoms with Gasteiger partial charge in [-0.25, -0.2) is 4.39 Å². The second-order valence-corrected chi connectivity index (χ2v) is 5.85. The zero-order chi connectivity index (χ0) is 16.5. The van der Waals surface area contributed by atoms with Gasteiger partial charge >= 0.3 is 0 Å².